The highest BCUT2D eigenvalue weighted by Crippen LogP contribution is 2.27. The second kappa shape index (κ2) is 54.7. The highest BCUT2D eigenvalue weighted by molar-refractivity contribution is 5.74. The SMILES string of the molecule is CC/C=C\C/C=C\C/C=C\C/C=C\C/C=C\C/C=C\CCC(=O)OCC(COC1OC(C(=O)O)C(O)C(O)C1OC(=O)CCCCCCCCCCCCCCCCCCCCC)OC(=O)CCCCCCCCCCCCC. The Kier molecular flexibility index (Phi) is 50.7. The van der Waals surface area contributed by atoms with Gasteiger partial charge in [-0.05, 0) is 57.8 Å². The van der Waals surface area contributed by atoms with Crippen LogP contribution in [-0.2, 0) is 42.9 Å². The molecule has 12 heteroatoms. The molecule has 0 aromatic rings. The standard InChI is InChI=1S/C67H114O12/c1-4-7-10-13-16-19-22-24-26-28-30-32-34-36-39-41-44-47-50-53-59(68)75-56-58(77-60(69)54-51-48-45-42-38-21-18-15-12-9-6-3)57-76-67-65(63(72)62(71)64(79-67)66(73)74)78-61(70)55-52-49-46-43-40-37-35-33-31-29-27-25-23-20-17-14-11-8-5-2/h7,10,16,19,24,26,30,32,36,39,44,47,58,62-65,67,71-72H,4-6,8-9,11-15,17-18,20-23,25,27-29,31,33-35,37-38,40-43,45-46,48-57H2,1-3H3,(H,73,74)/b10-7-,19-16-,26-24-,32-30-,39-36-,47-44-. The van der Waals surface area contributed by atoms with Crippen LogP contribution in [0.2, 0.25) is 0 Å². The van der Waals surface area contributed by atoms with Crippen LogP contribution < -0.4 is 0 Å². The molecule has 12 nitrogen and oxygen atoms in total. The van der Waals surface area contributed by atoms with E-state index in [1.54, 1.807) is 0 Å². The van der Waals surface area contributed by atoms with Crippen molar-refractivity contribution in [2.45, 2.75) is 314 Å². The number of aliphatic hydroxyl groups is 2. The van der Waals surface area contributed by atoms with Gasteiger partial charge in [0.2, 0.25) is 0 Å². The Morgan fingerprint density at radius 1 is 0.430 bits per heavy atom. The van der Waals surface area contributed by atoms with Gasteiger partial charge in [0.05, 0.1) is 6.61 Å². The molecule has 454 valence electrons. The number of ether oxygens (including phenoxy) is 5. The summed E-state index contributed by atoms with van der Waals surface area (Å²) in [5.74, 6) is -3.21. The van der Waals surface area contributed by atoms with Crippen molar-refractivity contribution in [1.29, 1.82) is 0 Å². The molecule has 6 atom stereocenters. The lowest BCUT2D eigenvalue weighted by molar-refractivity contribution is -0.301. The van der Waals surface area contributed by atoms with Gasteiger partial charge in [0, 0.05) is 19.3 Å². The molecule has 79 heavy (non-hydrogen) atoms. The van der Waals surface area contributed by atoms with Crippen molar-refractivity contribution in [3.05, 3.63) is 72.9 Å². The van der Waals surface area contributed by atoms with Crippen LogP contribution in [0.5, 0.6) is 0 Å². The molecule has 6 unspecified atom stereocenters. The first-order valence-electron chi connectivity index (χ1n) is 31.9. The molecule has 1 heterocycles. The number of aliphatic carboxylic acids is 1. The van der Waals surface area contributed by atoms with Crippen molar-refractivity contribution in [1.82, 2.24) is 0 Å². The first-order valence-corrected chi connectivity index (χ1v) is 31.9. The van der Waals surface area contributed by atoms with Crippen LogP contribution in [0, 0.1) is 0 Å². The van der Waals surface area contributed by atoms with Crippen molar-refractivity contribution in [2.75, 3.05) is 13.2 Å². The lowest BCUT2D eigenvalue weighted by Crippen LogP contribution is -2.61. The third-order valence-electron chi connectivity index (χ3n) is 14.3. The molecule has 0 aliphatic carbocycles. The van der Waals surface area contributed by atoms with Gasteiger partial charge < -0.3 is 39.0 Å². The van der Waals surface area contributed by atoms with Gasteiger partial charge in [0.15, 0.2) is 24.6 Å². The van der Waals surface area contributed by atoms with Crippen molar-refractivity contribution >= 4 is 23.9 Å². The molecular formula is C67H114O12. The number of hydrogen-bond acceptors (Lipinski definition) is 11. The molecule has 0 aromatic carbocycles. The van der Waals surface area contributed by atoms with E-state index in [2.05, 4.69) is 81.5 Å². The lowest BCUT2D eigenvalue weighted by atomic mass is 9.98. The molecule has 1 rings (SSSR count). The third-order valence-corrected chi connectivity index (χ3v) is 14.3. The van der Waals surface area contributed by atoms with Crippen LogP contribution in [0.1, 0.15) is 278 Å². The zero-order valence-electron chi connectivity index (χ0n) is 50.1. The number of aliphatic hydroxyl groups excluding tert-OH is 2. The molecule has 0 aromatic heterocycles. The minimum absolute atomic E-state index is 0.0566. The van der Waals surface area contributed by atoms with Crippen LogP contribution in [-0.4, -0.2) is 89.2 Å². The van der Waals surface area contributed by atoms with Gasteiger partial charge in [-0.3, -0.25) is 14.4 Å². The first kappa shape index (κ1) is 73.2. The van der Waals surface area contributed by atoms with Crippen LogP contribution >= 0.6 is 0 Å². The van der Waals surface area contributed by atoms with E-state index in [-0.39, 0.29) is 25.9 Å². The van der Waals surface area contributed by atoms with E-state index in [0.717, 1.165) is 83.5 Å². The van der Waals surface area contributed by atoms with E-state index >= 15 is 0 Å². The Morgan fingerprint density at radius 3 is 1.19 bits per heavy atom. The summed E-state index contributed by atoms with van der Waals surface area (Å²) >= 11 is 0. The maximum atomic E-state index is 13.1. The smallest absolute Gasteiger partial charge is 0.335 e. The predicted octanol–water partition coefficient (Wildman–Crippen LogP) is 16.9. The van der Waals surface area contributed by atoms with Gasteiger partial charge in [-0.15, -0.1) is 0 Å². The number of hydrogen-bond donors (Lipinski definition) is 3. The number of carboxylic acids is 1. The van der Waals surface area contributed by atoms with E-state index in [1.807, 2.05) is 12.2 Å². The summed E-state index contributed by atoms with van der Waals surface area (Å²) in [6, 6.07) is 0. The summed E-state index contributed by atoms with van der Waals surface area (Å²) in [6.45, 7) is 5.83. The summed E-state index contributed by atoms with van der Waals surface area (Å²) in [5, 5.41) is 31.5. The van der Waals surface area contributed by atoms with Crippen LogP contribution in [0.15, 0.2) is 72.9 Å². The Bertz CT molecular complexity index is 1650. The topological polar surface area (TPSA) is 175 Å². The lowest BCUT2D eigenvalue weighted by Gasteiger charge is -2.40. The summed E-state index contributed by atoms with van der Waals surface area (Å²) in [6.07, 6.45) is 57.4. The average molecular weight is 1110 g/mol. The molecule has 1 saturated heterocycles. The van der Waals surface area contributed by atoms with Gasteiger partial charge in [-0.25, -0.2) is 4.79 Å². The summed E-state index contributed by atoms with van der Waals surface area (Å²) < 4.78 is 28.4. The highest BCUT2D eigenvalue weighted by Gasteiger charge is 2.50. The number of carbonyl (C=O) groups is 4. The largest absolute Gasteiger partial charge is 0.479 e. The van der Waals surface area contributed by atoms with E-state index in [1.165, 1.54) is 135 Å². The van der Waals surface area contributed by atoms with Crippen LogP contribution in [0.25, 0.3) is 0 Å². The van der Waals surface area contributed by atoms with Gasteiger partial charge in [-0.2, -0.15) is 0 Å². The van der Waals surface area contributed by atoms with E-state index < -0.39 is 67.3 Å². The number of rotatable bonds is 54. The number of carboxylic acid groups (broad SMARTS) is 1. The molecule has 0 amide bonds. The maximum Gasteiger partial charge on any atom is 0.335 e. The third kappa shape index (κ3) is 44.5. The minimum atomic E-state index is -1.91. The van der Waals surface area contributed by atoms with Crippen molar-refractivity contribution in [3.8, 4) is 0 Å². The van der Waals surface area contributed by atoms with E-state index in [4.69, 9.17) is 23.7 Å². The van der Waals surface area contributed by atoms with Gasteiger partial charge in [-0.1, -0.05) is 273 Å². The zero-order chi connectivity index (χ0) is 57.5. The second-order valence-corrected chi connectivity index (χ2v) is 21.7. The van der Waals surface area contributed by atoms with E-state index in [0.29, 0.717) is 19.3 Å². The summed E-state index contributed by atoms with van der Waals surface area (Å²) in [7, 11) is 0. The predicted molar refractivity (Wildman–Crippen MR) is 322 cm³/mol. The minimum Gasteiger partial charge on any atom is -0.479 e. The number of carbonyl (C=O) groups excluding carboxylic acids is 3. The summed E-state index contributed by atoms with van der Waals surface area (Å²) in [4.78, 5) is 51.2. The molecule has 0 spiro atoms. The average Bonchev–Trinajstić information content (AvgIpc) is 3.48. The van der Waals surface area contributed by atoms with Crippen LogP contribution in [0.3, 0.4) is 0 Å². The van der Waals surface area contributed by atoms with Crippen LogP contribution in [0.4, 0.5) is 0 Å². The molecule has 0 saturated carbocycles. The molecule has 1 fully saturated rings. The highest BCUT2D eigenvalue weighted by atomic mass is 16.7. The van der Waals surface area contributed by atoms with E-state index in [9.17, 15) is 34.5 Å². The van der Waals surface area contributed by atoms with Crippen molar-refractivity contribution < 1.29 is 58.2 Å². The molecular weight excluding hydrogens is 997 g/mol. The summed E-state index contributed by atoms with van der Waals surface area (Å²) in [5.41, 5.74) is 0. The Labute approximate surface area is 480 Å². The number of unbranched alkanes of at least 4 members (excludes halogenated alkanes) is 28. The normalized spacial score (nSPS) is 18.3. The van der Waals surface area contributed by atoms with Gasteiger partial charge >= 0.3 is 23.9 Å². The van der Waals surface area contributed by atoms with Crippen molar-refractivity contribution in [3.63, 3.8) is 0 Å². The fourth-order valence-corrected chi connectivity index (χ4v) is 9.45. The van der Waals surface area contributed by atoms with Gasteiger partial charge in [0.1, 0.15) is 18.8 Å². The Hall–Kier alpha value is -3.84. The molecule has 1 aliphatic heterocycles. The monoisotopic (exact) mass is 1110 g/mol. The maximum absolute atomic E-state index is 13.1. The van der Waals surface area contributed by atoms with Crippen molar-refractivity contribution in [2.24, 2.45) is 0 Å². The fourth-order valence-electron chi connectivity index (χ4n) is 9.45. The molecule has 1 aliphatic rings. The Balaban J connectivity index is 2.66. The Morgan fingerprint density at radius 2 is 0.797 bits per heavy atom. The molecule has 0 radical (unpaired) electrons. The first-order chi connectivity index (χ1) is 38.6. The zero-order valence-corrected chi connectivity index (χ0v) is 50.1. The molecule has 0 bridgehead atoms. The van der Waals surface area contributed by atoms with Gasteiger partial charge in [0.25, 0.3) is 0 Å². The fraction of sp³-hybridized carbons (Fsp3) is 0.761. The molecule has 3 N–H and O–H groups in total. The number of allylic oxidation sites excluding steroid dienone is 12. The number of esters is 3. The second-order valence-electron chi connectivity index (χ2n) is 21.7. The quantitative estimate of drug-likeness (QED) is 0.0228.